The number of rotatable bonds is 7. The zero-order valence-electron chi connectivity index (χ0n) is 16.9. The van der Waals surface area contributed by atoms with Crippen LogP contribution in [0.25, 0.3) is 11.1 Å². The average molecular weight is 378 g/mol. The van der Waals surface area contributed by atoms with Gasteiger partial charge in [-0.3, -0.25) is 9.78 Å². The highest BCUT2D eigenvalue weighted by atomic mass is 16.2. The predicted molar refractivity (Wildman–Crippen MR) is 113 cm³/mol. The van der Waals surface area contributed by atoms with Crippen LogP contribution in [0.5, 0.6) is 0 Å². The fourth-order valence-corrected chi connectivity index (χ4v) is 4.24. The molecule has 1 saturated carbocycles. The summed E-state index contributed by atoms with van der Waals surface area (Å²) >= 11 is 0. The van der Waals surface area contributed by atoms with Gasteiger partial charge in [-0.25, -0.2) is 0 Å². The fourth-order valence-electron chi connectivity index (χ4n) is 4.24. The van der Waals surface area contributed by atoms with Crippen LogP contribution in [-0.4, -0.2) is 53.4 Å². The Morgan fingerprint density at radius 2 is 1.89 bits per heavy atom. The first-order valence-electron chi connectivity index (χ1n) is 10.7. The highest BCUT2D eigenvalue weighted by Crippen LogP contribution is 2.31. The zero-order valence-corrected chi connectivity index (χ0v) is 16.9. The lowest BCUT2D eigenvalue weighted by Crippen LogP contribution is -2.37. The van der Waals surface area contributed by atoms with Gasteiger partial charge in [-0.15, -0.1) is 0 Å². The summed E-state index contributed by atoms with van der Waals surface area (Å²) in [5.41, 5.74) is 3.55. The van der Waals surface area contributed by atoms with Crippen molar-refractivity contribution in [2.75, 3.05) is 32.7 Å². The van der Waals surface area contributed by atoms with E-state index in [2.05, 4.69) is 52.0 Å². The van der Waals surface area contributed by atoms with Gasteiger partial charge in [0.1, 0.15) is 0 Å². The molecule has 1 atom stereocenters. The largest absolute Gasteiger partial charge is 0.341 e. The molecule has 2 aromatic rings. The molecule has 0 radical (unpaired) electrons. The summed E-state index contributed by atoms with van der Waals surface area (Å²) in [7, 11) is 0. The van der Waals surface area contributed by atoms with Gasteiger partial charge >= 0.3 is 0 Å². The third kappa shape index (κ3) is 4.79. The Kier molecular flexibility index (Phi) is 6.06. The van der Waals surface area contributed by atoms with Crippen molar-refractivity contribution in [3.63, 3.8) is 0 Å². The van der Waals surface area contributed by atoms with Crippen molar-refractivity contribution < 1.29 is 4.79 Å². The minimum absolute atomic E-state index is 0.0667. The number of hydrogen-bond acceptors (Lipinski definition) is 3. The van der Waals surface area contributed by atoms with Crippen LogP contribution in [0, 0.1) is 11.8 Å². The highest BCUT2D eigenvalue weighted by Gasteiger charge is 2.32. The summed E-state index contributed by atoms with van der Waals surface area (Å²) in [6.45, 7) is 7.02. The molecule has 4 nitrogen and oxygen atoms in total. The lowest BCUT2D eigenvalue weighted by atomic mass is 9.96. The Morgan fingerprint density at radius 1 is 1.07 bits per heavy atom. The predicted octanol–water partition coefficient (Wildman–Crippen LogP) is 3.87. The van der Waals surface area contributed by atoms with Crippen molar-refractivity contribution in [3.8, 4) is 11.1 Å². The quantitative estimate of drug-likeness (QED) is 0.735. The monoisotopic (exact) mass is 377 g/mol. The first kappa shape index (κ1) is 19.1. The standard InChI is InChI=1S/C24H31N3O/c1-2-12-27-14-13-26(17-20-5-6-20)18-23(24(27)28)15-19-7-9-21(10-8-19)22-4-3-11-25-16-22/h3-4,7-11,16,20,23H,2,5-6,12-15,17-18H2,1H3/t23-/m1/s1. The first-order valence-corrected chi connectivity index (χ1v) is 10.7. The molecule has 4 heteroatoms. The molecule has 4 rings (SSSR count). The molecule has 1 aromatic heterocycles. The molecule has 28 heavy (non-hydrogen) atoms. The lowest BCUT2D eigenvalue weighted by molar-refractivity contribution is -0.134. The summed E-state index contributed by atoms with van der Waals surface area (Å²) in [5.74, 6) is 1.28. The number of benzene rings is 1. The van der Waals surface area contributed by atoms with Gasteiger partial charge in [-0.1, -0.05) is 37.3 Å². The van der Waals surface area contributed by atoms with Gasteiger partial charge in [0.25, 0.3) is 0 Å². The van der Waals surface area contributed by atoms with Gasteiger partial charge in [0.05, 0.1) is 5.92 Å². The van der Waals surface area contributed by atoms with Gasteiger partial charge in [-0.2, -0.15) is 0 Å². The SMILES string of the molecule is CCCN1CCN(CC2CC2)C[C@@H](Cc2ccc(-c3cccnc3)cc2)C1=O. The average Bonchev–Trinajstić information content (AvgIpc) is 3.56. The maximum Gasteiger partial charge on any atom is 0.227 e. The van der Waals surface area contributed by atoms with E-state index in [1.54, 1.807) is 6.20 Å². The zero-order chi connectivity index (χ0) is 19.3. The van der Waals surface area contributed by atoms with Crippen molar-refractivity contribution in [3.05, 3.63) is 54.4 Å². The Bertz CT molecular complexity index is 770. The normalized spacial score (nSPS) is 21.0. The lowest BCUT2D eigenvalue weighted by Gasteiger charge is -2.24. The summed E-state index contributed by atoms with van der Waals surface area (Å²) in [6, 6.07) is 12.7. The smallest absolute Gasteiger partial charge is 0.227 e. The second kappa shape index (κ2) is 8.87. The maximum absolute atomic E-state index is 13.2. The van der Waals surface area contributed by atoms with Crippen LogP contribution in [0.15, 0.2) is 48.8 Å². The second-order valence-electron chi connectivity index (χ2n) is 8.37. The molecule has 1 amide bonds. The van der Waals surface area contributed by atoms with Crippen LogP contribution in [0.4, 0.5) is 0 Å². The van der Waals surface area contributed by atoms with Crippen LogP contribution < -0.4 is 0 Å². The van der Waals surface area contributed by atoms with Crippen LogP contribution in [0.2, 0.25) is 0 Å². The van der Waals surface area contributed by atoms with E-state index in [9.17, 15) is 4.79 Å². The van der Waals surface area contributed by atoms with E-state index in [4.69, 9.17) is 0 Å². The van der Waals surface area contributed by atoms with Crippen molar-refractivity contribution in [2.24, 2.45) is 11.8 Å². The molecular weight excluding hydrogens is 346 g/mol. The number of carbonyl (C=O) groups excluding carboxylic acids is 1. The van der Waals surface area contributed by atoms with E-state index < -0.39 is 0 Å². The summed E-state index contributed by atoms with van der Waals surface area (Å²) in [6.07, 6.45) is 8.27. The number of carbonyl (C=O) groups is 1. The van der Waals surface area contributed by atoms with E-state index in [-0.39, 0.29) is 5.92 Å². The third-order valence-electron chi connectivity index (χ3n) is 5.96. The maximum atomic E-state index is 13.2. The molecule has 2 aliphatic rings. The van der Waals surface area contributed by atoms with E-state index in [0.717, 1.165) is 50.5 Å². The first-order chi connectivity index (χ1) is 13.7. The van der Waals surface area contributed by atoms with E-state index >= 15 is 0 Å². The molecule has 1 aliphatic carbocycles. The Hall–Kier alpha value is -2.20. The van der Waals surface area contributed by atoms with Crippen molar-refractivity contribution in [1.29, 1.82) is 0 Å². The minimum atomic E-state index is 0.0667. The Balaban J connectivity index is 1.47. The topological polar surface area (TPSA) is 36.4 Å². The van der Waals surface area contributed by atoms with Gasteiger partial charge in [0.2, 0.25) is 5.91 Å². The summed E-state index contributed by atoms with van der Waals surface area (Å²) in [5, 5.41) is 0. The van der Waals surface area contributed by atoms with Gasteiger partial charge in [0.15, 0.2) is 0 Å². The summed E-state index contributed by atoms with van der Waals surface area (Å²) < 4.78 is 0. The van der Waals surface area contributed by atoms with Crippen LogP contribution in [0.3, 0.4) is 0 Å². The van der Waals surface area contributed by atoms with Gasteiger partial charge < -0.3 is 9.80 Å². The van der Waals surface area contributed by atoms with E-state index in [1.165, 1.54) is 30.5 Å². The number of hydrogen-bond donors (Lipinski definition) is 0. The second-order valence-corrected chi connectivity index (χ2v) is 8.37. The van der Waals surface area contributed by atoms with Crippen molar-refractivity contribution in [2.45, 2.75) is 32.6 Å². The molecule has 2 heterocycles. The molecular formula is C24H31N3O. The molecule has 0 N–H and O–H groups in total. The van der Waals surface area contributed by atoms with Gasteiger partial charge in [-0.05, 0) is 54.4 Å². The molecule has 0 unspecified atom stereocenters. The molecule has 1 aliphatic heterocycles. The van der Waals surface area contributed by atoms with Crippen molar-refractivity contribution in [1.82, 2.24) is 14.8 Å². The van der Waals surface area contributed by atoms with E-state index in [1.807, 2.05) is 12.3 Å². The molecule has 0 spiro atoms. The fraction of sp³-hybridized carbons (Fsp3) is 0.500. The minimum Gasteiger partial charge on any atom is -0.341 e. The van der Waals surface area contributed by atoms with Crippen LogP contribution in [-0.2, 0) is 11.2 Å². The third-order valence-corrected chi connectivity index (χ3v) is 5.96. The van der Waals surface area contributed by atoms with E-state index in [0.29, 0.717) is 5.91 Å². The van der Waals surface area contributed by atoms with Crippen LogP contribution in [0.1, 0.15) is 31.7 Å². The highest BCUT2D eigenvalue weighted by molar-refractivity contribution is 5.79. The number of aromatic nitrogens is 1. The number of pyridine rings is 1. The molecule has 1 saturated heterocycles. The molecule has 2 fully saturated rings. The van der Waals surface area contributed by atoms with Crippen molar-refractivity contribution >= 4 is 5.91 Å². The molecule has 148 valence electrons. The van der Waals surface area contributed by atoms with Gasteiger partial charge in [0, 0.05) is 45.1 Å². The number of amides is 1. The molecule has 0 bridgehead atoms. The summed E-state index contributed by atoms with van der Waals surface area (Å²) in [4.78, 5) is 22.0. The number of nitrogens with zero attached hydrogens (tertiary/aromatic N) is 3. The van der Waals surface area contributed by atoms with Crippen LogP contribution >= 0.6 is 0 Å². The molecule has 1 aromatic carbocycles. The Morgan fingerprint density at radius 3 is 2.57 bits per heavy atom. The Labute approximate surface area is 168 Å².